The fourth-order valence-electron chi connectivity index (χ4n) is 2.89. The standard InChI is InChI=1S/C18H25ClN4O2S/c1-11(2)15(21-16(24)13-9-5-6-10-14(13)19)17(25)22-23-18(26)20-12-7-3-4-8-12/h5-6,9-12,15H,3-4,7-8H2,1-2H3,(H,21,24)(H,22,25)(H2,20,23,26)/t15-/m0/s1. The van der Waals surface area contributed by atoms with E-state index in [0.717, 1.165) is 12.8 Å². The van der Waals surface area contributed by atoms with Crippen LogP contribution < -0.4 is 21.5 Å². The molecule has 0 unspecified atom stereocenters. The second-order valence-electron chi connectivity index (χ2n) is 6.74. The van der Waals surface area contributed by atoms with Gasteiger partial charge in [-0.1, -0.05) is 50.4 Å². The van der Waals surface area contributed by atoms with Gasteiger partial charge in [-0.25, -0.2) is 0 Å². The van der Waals surface area contributed by atoms with E-state index in [1.165, 1.54) is 12.8 Å². The summed E-state index contributed by atoms with van der Waals surface area (Å²) in [5, 5.41) is 6.63. The molecular weight excluding hydrogens is 372 g/mol. The maximum atomic E-state index is 12.5. The first-order chi connectivity index (χ1) is 12.4. The highest BCUT2D eigenvalue weighted by molar-refractivity contribution is 7.80. The second-order valence-corrected chi connectivity index (χ2v) is 7.56. The summed E-state index contributed by atoms with van der Waals surface area (Å²) >= 11 is 11.2. The highest BCUT2D eigenvalue weighted by atomic mass is 35.5. The van der Waals surface area contributed by atoms with Crippen molar-refractivity contribution in [2.45, 2.75) is 51.6 Å². The largest absolute Gasteiger partial charge is 0.359 e. The number of hydrazine groups is 1. The summed E-state index contributed by atoms with van der Waals surface area (Å²) in [4.78, 5) is 24.9. The Morgan fingerprint density at radius 1 is 1.15 bits per heavy atom. The Bertz CT molecular complexity index is 662. The highest BCUT2D eigenvalue weighted by Gasteiger charge is 2.25. The van der Waals surface area contributed by atoms with Gasteiger partial charge in [0.2, 0.25) is 0 Å². The molecule has 142 valence electrons. The van der Waals surface area contributed by atoms with Crippen molar-refractivity contribution in [3.63, 3.8) is 0 Å². The van der Waals surface area contributed by atoms with Gasteiger partial charge in [-0.2, -0.15) is 0 Å². The first-order valence-corrected chi connectivity index (χ1v) is 9.59. The molecule has 0 aliphatic heterocycles. The van der Waals surface area contributed by atoms with Gasteiger partial charge in [-0.3, -0.25) is 20.4 Å². The number of carbonyl (C=O) groups excluding carboxylic acids is 2. The van der Waals surface area contributed by atoms with Gasteiger partial charge in [0.25, 0.3) is 11.8 Å². The number of benzene rings is 1. The van der Waals surface area contributed by atoms with E-state index in [-0.39, 0.29) is 11.8 Å². The molecule has 4 N–H and O–H groups in total. The highest BCUT2D eigenvalue weighted by Crippen LogP contribution is 2.17. The molecule has 0 spiro atoms. The summed E-state index contributed by atoms with van der Waals surface area (Å²) in [5.74, 6) is -0.869. The van der Waals surface area contributed by atoms with Crippen molar-refractivity contribution in [3.8, 4) is 0 Å². The second kappa shape index (κ2) is 9.73. The van der Waals surface area contributed by atoms with Gasteiger partial charge in [0, 0.05) is 6.04 Å². The first-order valence-electron chi connectivity index (χ1n) is 8.80. The van der Waals surface area contributed by atoms with E-state index in [1.54, 1.807) is 24.3 Å². The summed E-state index contributed by atoms with van der Waals surface area (Å²) in [6.07, 6.45) is 4.54. The average molecular weight is 397 g/mol. The van der Waals surface area contributed by atoms with E-state index >= 15 is 0 Å². The zero-order valence-corrected chi connectivity index (χ0v) is 16.5. The molecule has 0 radical (unpaired) electrons. The molecule has 1 saturated carbocycles. The maximum Gasteiger partial charge on any atom is 0.261 e. The number of carbonyl (C=O) groups is 2. The van der Waals surface area contributed by atoms with Crippen LogP contribution in [0.3, 0.4) is 0 Å². The topological polar surface area (TPSA) is 82.3 Å². The normalized spacial score (nSPS) is 15.4. The van der Waals surface area contributed by atoms with Crippen molar-refractivity contribution in [3.05, 3.63) is 34.9 Å². The number of amides is 2. The number of hydrogen-bond acceptors (Lipinski definition) is 3. The fourth-order valence-corrected chi connectivity index (χ4v) is 3.33. The minimum absolute atomic E-state index is 0.111. The van der Waals surface area contributed by atoms with Gasteiger partial charge in [-0.05, 0) is 43.1 Å². The Balaban J connectivity index is 1.89. The predicted molar refractivity (Wildman–Crippen MR) is 107 cm³/mol. The summed E-state index contributed by atoms with van der Waals surface area (Å²) in [6.45, 7) is 3.71. The molecule has 0 heterocycles. The third-order valence-electron chi connectivity index (χ3n) is 4.34. The smallest absolute Gasteiger partial charge is 0.261 e. The van der Waals surface area contributed by atoms with E-state index in [2.05, 4.69) is 21.5 Å². The van der Waals surface area contributed by atoms with Crippen molar-refractivity contribution < 1.29 is 9.59 Å². The molecule has 1 fully saturated rings. The van der Waals surface area contributed by atoms with Crippen molar-refractivity contribution >= 4 is 40.7 Å². The molecule has 0 bridgehead atoms. The van der Waals surface area contributed by atoms with Crippen LogP contribution in [0.15, 0.2) is 24.3 Å². The number of hydrogen-bond donors (Lipinski definition) is 4. The minimum Gasteiger partial charge on any atom is -0.359 e. The SMILES string of the molecule is CC(C)[C@H](NC(=O)c1ccccc1Cl)C(=O)NNC(=S)NC1CCCC1. The number of nitrogens with one attached hydrogen (secondary N) is 4. The average Bonchev–Trinajstić information content (AvgIpc) is 3.10. The molecule has 8 heteroatoms. The molecule has 1 aromatic carbocycles. The summed E-state index contributed by atoms with van der Waals surface area (Å²) in [6, 6.07) is 6.35. The molecule has 1 atom stereocenters. The van der Waals surface area contributed by atoms with Crippen molar-refractivity contribution in [2.24, 2.45) is 5.92 Å². The zero-order chi connectivity index (χ0) is 19.1. The van der Waals surface area contributed by atoms with E-state index in [1.807, 2.05) is 13.8 Å². The fraction of sp³-hybridized carbons (Fsp3) is 0.500. The van der Waals surface area contributed by atoms with Gasteiger partial charge < -0.3 is 10.6 Å². The molecule has 2 amide bonds. The molecule has 0 aromatic heterocycles. The van der Waals surface area contributed by atoms with Crippen molar-refractivity contribution in [1.82, 2.24) is 21.5 Å². The number of thiocarbonyl (C=S) groups is 1. The van der Waals surface area contributed by atoms with Crippen LogP contribution >= 0.6 is 23.8 Å². The quantitative estimate of drug-likeness (QED) is 0.454. The van der Waals surface area contributed by atoms with Crippen LogP contribution in [0.5, 0.6) is 0 Å². The van der Waals surface area contributed by atoms with Gasteiger partial charge in [0.05, 0.1) is 10.6 Å². The van der Waals surface area contributed by atoms with Gasteiger partial charge in [0.1, 0.15) is 6.04 Å². The monoisotopic (exact) mass is 396 g/mol. The third kappa shape index (κ3) is 5.85. The molecular formula is C18H25ClN4O2S. The predicted octanol–water partition coefficient (Wildman–Crippen LogP) is 2.53. The van der Waals surface area contributed by atoms with Crippen LogP contribution in [0.25, 0.3) is 0 Å². The van der Waals surface area contributed by atoms with Crippen LogP contribution in [-0.2, 0) is 4.79 Å². The van der Waals surface area contributed by atoms with Crippen molar-refractivity contribution in [2.75, 3.05) is 0 Å². The maximum absolute atomic E-state index is 12.5. The third-order valence-corrected chi connectivity index (χ3v) is 4.89. The molecule has 6 nitrogen and oxygen atoms in total. The lowest BCUT2D eigenvalue weighted by Gasteiger charge is -2.23. The van der Waals surface area contributed by atoms with Crippen LogP contribution in [0.2, 0.25) is 5.02 Å². The van der Waals surface area contributed by atoms with Crippen LogP contribution in [0.1, 0.15) is 49.9 Å². The Labute approximate surface area is 164 Å². The molecule has 1 aliphatic carbocycles. The van der Waals surface area contributed by atoms with Crippen LogP contribution in [0.4, 0.5) is 0 Å². The Morgan fingerprint density at radius 3 is 2.42 bits per heavy atom. The Kier molecular flexibility index (Phi) is 7.66. The van der Waals surface area contributed by atoms with Gasteiger partial charge in [0.15, 0.2) is 5.11 Å². The molecule has 26 heavy (non-hydrogen) atoms. The molecule has 1 aromatic rings. The summed E-state index contributed by atoms with van der Waals surface area (Å²) in [7, 11) is 0. The number of rotatable bonds is 5. The zero-order valence-electron chi connectivity index (χ0n) is 15.0. The Morgan fingerprint density at radius 2 is 1.81 bits per heavy atom. The molecule has 0 saturated heterocycles. The van der Waals surface area contributed by atoms with E-state index < -0.39 is 11.9 Å². The molecule has 1 aliphatic rings. The lowest BCUT2D eigenvalue weighted by atomic mass is 10.0. The number of halogens is 1. The summed E-state index contributed by atoms with van der Waals surface area (Å²) in [5.41, 5.74) is 5.61. The molecule has 2 rings (SSSR count). The first kappa shape index (κ1) is 20.5. The van der Waals surface area contributed by atoms with E-state index in [9.17, 15) is 9.59 Å². The van der Waals surface area contributed by atoms with E-state index in [0.29, 0.717) is 21.7 Å². The van der Waals surface area contributed by atoms with Crippen molar-refractivity contribution in [1.29, 1.82) is 0 Å². The summed E-state index contributed by atoms with van der Waals surface area (Å²) < 4.78 is 0. The lowest BCUT2D eigenvalue weighted by molar-refractivity contribution is -0.124. The van der Waals surface area contributed by atoms with Gasteiger partial charge in [-0.15, -0.1) is 0 Å². The Hall–Kier alpha value is -1.86. The van der Waals surface area contributed by atoms with Crippen LogP contribution in [-0.4, -0.2) is 29.0 Å². The van der Waals surface area contributed by atoms with Gasteiger partial charge >= 0.3 is 0 Å². The minimum atomic E-state index is -0.722. The van der Waals surface area contributed by atoms with Crippen LogP contribution in [0, 0.1) is 5.92 Å². The lowest BCUT2D eigenvalue weighted by Crippen LogP contribution is -2.56. The van der Waals surface area contributed by atoms with E-state index in [4.69, 9.17) is 23.8 Å².